The molecule has 0 spiro atoms. The molecule has 0 saturated carbocycles. The van der Waals surface area contributed by atoms with Crippen LogP contribution in [-0.4, -0.2) is 23.0 Å². The predicted octanol–water partition coefficient (Wildman–Crippen LogP) is 3.66. The average Bonchev–Trinajstić information content (AvgIpc) is 2.75. The number of H-pyrrole nitrogens is 1. The molecule has 2 rings (SSSR count). The van der Waals surface area contributed by atoms with Gasteiger partial charge in [-0.3, -0.25) is 4.79 Å². The molecular formula is C15H17ClN2O3. The molecule has 0 bridgehead atoms. The first-order valence-corrected chi connectivity index (χ1v) is 6.89. The monoisotopic (exact) mass is 308 g/mol. The van der Waals surface area contributed by atoms with E-state index in [1.165, 1.54) is 0 Å². The molecule has 21 heavy (non-hydrogen) atoms. The van der Waals surface area contributed by atoms with Gasteiger partial charge in [0.05, 0.1) is 11.6 Å². The predicted molar refractivity (Wildman–Crippen MR) is 81.8 cm³/mol. The van der Waals surface area contributed by atoms with Crippen LogP contribution in [0.2, 0.25) is 5.02 Å². The number of hydrogen-bond donors (Lipinski definition) is 2. The van der Waals surface area contributed by atoms with Gasteiger partial charge < -0.3 is 15.0 Å². The average molecular weight is 309 g/mol. The molecule has 0 fully saturated rings. The van der Waals surface area contributed by atoms with E-state index in [9.17, 15) is 9.59 Å². The van der Waals surface area contributed by atoms with E-state index in [4.69, 9.17) is 16.3 Å². The van der Waals surface area contributed by atoms with E-state index in [1.807, 2.05) is 6.07 Å². The summed E-state index contributed by atoms with van der Waals surface area (Å²) in [7, 11) is 0. The van der Waals surface area contributed by atoms with Gasteiger partial charge in [-0.2, -0.15) is 0 Å². The Kier molecular flexibility index (Phi) is 4.23. The molecule has 0 saturated heterocycles. The lowest BCUT2D eigenvalue weighted by Gasteiger charge is -2.19. The molecule has 1 heterocycles. The lowest BCUT2D eigenvalue weighted by atomic mass is 10.2. The number of ether oxygens (including phenoxy) is 1. The van der Waals surface area contributed by atoms with Crippen LogP contribution in [-0.2, 0) is 11.3 Å². The van der Waals surface area contributed by atoms with Crippen LogP contribution in [0.3, 0.4) is 0 Å². The Bertz CT molecular complexity index is 686. The summed E-state index contributed by atoms with van der Waals surface area (Å²) < 4.78 is 5.16. The molecule has 2 aromatic rings. The summed E-state index contributed by atoms with van der Waals surface area (Å²) >= 11 is 5.98. The largest absolute Gasteiger partial charge is 0.444 e. The highest BCUT2D eigenvalue weighted by Gasteiger charge is 2.16. The van der Waals surface area contributed by atoms with E-state index in [2.05, 4.69) is 10.3 Å². The van der Waals surface area contributed by atoms with Crippen molar-refractivity contribution in [1.82, 2.24) is 10.3 Å². The third-order valence-corrected chi connectivity index (χ3v) is 3.07. The van der Waals surface area contributed by atoms with Crippen molar-refractivity contribution in [3.05, 3.63) is 34.5 Å². The Labute approximate surface area is 127 Å². The number of hydrogen-bond acceptors (Lipinski definition) is 3. The third kappa shape index (κ3) is 3.98. The van der Waals surface area contributed by atoms with Crippen LogP contribution < -0.4 is 5.32 Å². The molecule has 1 aromatic heterocycles. The van der Waals surface area contributed by atoms with Crippen LogP contribution >= 0.6 is 11.6 Å². The standard InChI is InChI=1S/C15H17ClN2O3/c1-15(2,3)21-14(20)17-7-11-4-9-5-12(16)10(8-19)6-13(9)18-11/h4-6,8,18H,7H2,1-3H3,(H,17,20). The maximum Gasteiger partial charge on any atom is 0.407 e. The molecule has 0 aliphatic rings. The number of alkyl carbamates (subject to hydrolysis) is 1. The number of amides is 1. The first kappa shape index (κ1) is 15.4. The van der Waals surface area contributed by atoms with Gasteiger partial charge in [-0.25, -0.2) is 4.79 Å². The summed E-state index contributed by atoms with van der Waals surface area (Å²) in [5, 5.41) is 3.95. The van der Waals surface area contributed by atoms with Crippen molar-refractivity contribution in [3.8, 4) is 0 Å². The van der Waals surface area contributed by atoms with Crippen LogP contribution in [0.25, 0.3) is 10.9 Å². The van der Waals surface area contributed by atoms with Crippen molar-refractivity contribution in [2.24, 2.45) is 0 Å². The highest BCUT2D eigenvalue weighted by molar-refractivity contribution is 6.33. The Hall–Kier alpha value is -2.01. The Morgan fingerprint density at radius 3 is 2.71 bits per heavy atom. The molecular weight excluding hydrogens is 292 g/mol. The number of rotatable bonds is 3. The third-order valence-electron chi connectivity index (χ3n) is 2.74. The van der Waals surface area contributed by atoms with Gasteiger partial charge in [-0.1, -0.05) is 11.6 Å². The van der Waals surface area contributed by atoms with Crippen molar-refractivity contribution < 1.29 is 14.3 Å². The molecule has 0 radical (unpaired) electrons. The Morgan fingerprint density at radius 2 is 2.10 bits per heavy atom. The van der Waals surface area contributed by atoms with E-state index in [-0.39, 0.29) is 0 Å². The van der Waals surface area contributed by atoms with E-state index < -0.39 is 11.7 Å². The quantitative estimate of drug-likeness (QED) is 0.850. The number of fused-ring (bicyclic) bond motifs is 1. The van der Waals surface area contributed by atoms with Crippen molar-refractivity contribution >= 4 is 34.9 Å². The van der Waals surface area contributed by atoms with Crippen molar-refractivity contribution in [2.75, 3.05) is 0 Å². The Balaban J connectivity index is 2.10. The zero-order valence-electron chi connectivity index (χ0n) is 12.1. The van der Waals surface area contributed by atoms with E-state index in [0.717, 1.165) is 16.6 Å². The zero-order valence-corrected chi connectivity index (χ0v) is 12.9. The van der Waals surface area contributed by atoms with Gasteiger partial charge in [-0.15, -0.1) is 0 Å². The molecule has 5 nitrogen and oxygen atoms in total. The lowest BCUT2D eigenvalue weighted by molar-refractivity contribution is 0.0523. The summed E-state index contributed by atoms with van der Waals surface area (Å²) in [6.07, 6.45) is 0.231. The molecule has 6 heteroatoms. The van der Waals surface area contributed by atoms with Gasteiger partial charge in [0, 0.05) is 22.2 Å². The number of benzene rings is 1. The minimum absolute atomic E-state index is 0.303. The van der Waals surface area contributed by atoms with Crippen LogP contribution in [0.5, 0.6) is 0 Å². The van der Waals surface area contributed by atoms with E-state index in [1.54, 1.807) is 32.9 Å². The van der Waals surface area contributed by atoms with Gasteiger partial charge >= 0.3 is 6.09 Å². The second kappa shape index (κ2) is 5.77. The first-order valence-electron chi connectivity index (χ1n) is 6.51. The number of nitrogens with one attached hydrogen (secondary N) is 2. The number of aldehydes is 1. The van der Waals surface area contributed by atoms with Gasteiger partial charge in [0.25, 0.3) is 0 Å². The second-order valence-corrected chi connectivity index (χ2v) is 6.14. The van der Waals surface area contributed by atoms with Crippen molar-refractivity contribution in [2.45, 2.75) is 32.9 Å². The number of carbonyl (C=O) groups excluding carboxylic acids is 2. The van der Waals surface area contributed by atoms with E-state index >= 15 is 0 Å². The van der Waals surface area contributed by atoms with Gasteiger partial charge in [-0.05, 0) is 39.0 Å². The van der Waals surface area contributed by atoms with Crippen molar-refractivity contribution in [3.63, 3.8) is 0 Å². The normalized spacial score (nSPS) is 11.4. The first-order chi connectivity index (χ1) is 9.78. The second-order valence-electron chi connectivity index (χ2n) is 5.73. The molecule has 0 unspecified atom stereocenters. The van der Waals surface area contributed by atoms with Gasteiger partial charge in [0.1, 0.15) is 5.60 Å². The van der Waals surface area contributed by atoms with E-state index in [0.29, 0.717) is 23.4 Å². The molecule has 2 N–H and O–H groups in total. The molecule has 112 valence electrons. The van der Waals surface area contributed by atoms with Crippen molar-refractivity contribution in [1.29, 1.82) is 0 Å². The summed E-state index contributed by atoms with van der Waals surface area (Å²) in [4.78, 5) is 25.6. The number of carbonyl (C=O) groups is 2. The lowest BCUT2D eigenvalue weighted by Crippen LogP contribution is -2.32. The summed E-state index contributed by atoms with van der Waals surface area (Å²) in [6, 6.07) is 5.27. The highest BCUT2D eigenvalue weighted by Crippen LogP contribution is 2.23. The number of aromatic amines is 1. The minimum atomic E-state index is -0.531. The fourth-order valence-electron chi connectivity index (χ4n) is 1.90. The van der Waals surface area contributed by atoms with Crippen LogP contribution in [0.4, 0.5) is 4.79 Å². The van der Waals surface area contributed by atoms with Crippen LogP contribution in [0, 0.1) is 0 Å². The summed E-state index contributed by atoms with van der Waals surface area (Å²) in [5.74, 6) is 0. The molecule has 1 aromatic carbocycles. The maximum absolute atomic E-state index is 11.6. The minimum Gasteiger partial charge on any atom is -0.444 e. The highest BCUT2D eigenvalue weighted by atomic mass is 35.5. The maximum atomic E-state index is 11.6. The number of halogens is 1. The SMILES string of the molecule is CC(C)(C)OC(=O)NCc1cc2cc(Cl)c(C=O)cc2[nH]1. The van der Waals surface area contributed by atoms with Crippen LogP contribution in [0.15, 0.2) is 18.2 Å². The Morgan fingerprint density at radius 1 is 1.38 bits per heavy atom. The molecule has 1 amide bonds. The fraction of sp³-hybridized carbons (Fsp3) is 0.333. The topological polar surface area (TPSA) is 71.2 Å². The summed E-state index contributed by atoms with van der Waals surface area (Å²) in [6.45, 7) is 5.72. The van der Waals surface area contributed by atoms with Gasteiger partial charge in [0.15, 0.2) is 6.29 Å². The molecule has 0 aliphatic carbocycles. The zero-order chi connectivity index (χ0) is 15.6. The summed E-state index contributed by atoms with van der Waals surface area (Å²) in [5.41, 5.74) is 1.49. The molecule has 0 aliphatic heterocycles. The van der Waals surface area contributed by atoms with Crippen LogP contribution in [0.1, 0.15) is 36.8 Å². The smallest absolute Gasteiger partial charge is 0.407 e. The number of aromatic nitrogens is 1. The van der Waals surface area contributed by atoms with Gasteiger partial charge in [0.2, 0.25) is 0 Å². The molecule has 0 atom stereocenters. The fourth-order valence-corrected chi connectivity index (χ4v) is 2.11.